The quantitative estimate of drug-likeness (QED) is 0.490. The Balaban J connectivity index is 1.91. The molecule has 2 aromatic rings. The minimum Gasteiger partial charge on any atom is -0.469 e. The van der Waals surface area contributed by atoms with Gasteiger partial charge in [-0.1, -0.05) is 25.0 Å². The van der Waals surface area contributed by atoms with Gasteiger partial charge in [0.05, 0.1) is 12.0 Å². The number of carbonyl (C=O) groups is 1. The fraction of sp³-hybridized carbons (Fsp3) is 0.500. The van der Waals surface area contributed by atoms with Crippen molar-refractivity contribution < 1.29 is 17.9 Å². The molecule has 0 aliphatic carbocycles. The first-order chi connectivity index (χ1) is 12.8. The molecular formula is C18H26N4O4S. The van der Waals surface area contributed by atoms with Crippen LogP contribution in [0.1, 0.15) is 49.3 Å². The molecule has 1 N–H and O–H groups in total. The summed E-state index contributed by atoms with van der Waals surface area (Å²) in [6, 6.07) is 6.92. The van der Waals surface area contributed by atoms with Gasteiger partial charge in [0, 0.05) is 6.42 Å². The largest absolute Gasteiger partial charge is 0.469 e. The van der Waals surface area contributed by atoms with E-state index in [0.29, 0.717) is 18.1 Å². The van der Waals surface area contributed by atoms with Crippen LogP contribution in [0.4, 0.5) is 0 Å². The van der Waals surface area contributed by atoms with Gasteiger partial charge in [-0.05, 0) is 50.8 Å². The molecule has 148 valence electrons. The van der Waals surface area contributed by atoms with Gasteiger partial charge in [-0.25, -0.2) is 9.51 Å². The molecule has 0 atom stereocenters. The lowest BCUT2D eigenvalue weighted by Crippen LogP contribution is -2.25. The van der Waals surface area contributed by atoms with Crippen molar-refractivity contribution in [2.45, 2.75) is 57.3 Å². The molecule has 0 aliphatic heterocycles. The van der Waals surface area contributed by atoms with Crippen molar-refractivity contribution in [3.63, 3.8) is 0 Å². The van der Waals surface area contributed by atoms with Crippen LogP contribution in [0.5, 0.6) is 0 Å². The maximum absolute atomic E-state index is 12.6. The minimum atomic E-state index is -3.72. The number of esters is 1. The van der Waals surface area contributed by atoms with E-state index in [0.717, 1.165) is 37.7 Å². The molecule has 0 unspecified atom stereocenters. The standard InChI is InChI=1S/C18H26N4O4S/c1-14-19-20-15(2)22(14)21-27(24,25)17-11-8-10-16(13-17)9-6-4-5-7-12-18(23)26-3/h8,10-11,13,21H,4-7,9,12H2,1-3H3. The molecular weight excluding hydrogens is 368 g/mol. The van der Waals surface area contributed by atoms with E-state index in [9.17, 15) is 13.2 Å². The second kappa shape index (κ2) is 9.50. The normalized spacial score (nSPS) is 11.4. The average Bonchev–Trinajstić information content (AvgIpc) is 2.96. The summed E-state index contributed by atoms with van der Waals surface area (Å²) in [5.74, 6) is 0.761. The van der Waals surface area contributed by atoms with Gasteiger partial charge in [0.2, 0.25) is 0 Å². The summed E-state index contributed by atoms with van der Waals surface area (Å²) >= 11 is 0. The van der Waals surface area contributed by atoms with E-state index in [1.807, 2.05) is 6.07 Å². The summed E-state index contributed by atoms with van der Waals surface area (Å²) in [7, 11) is -2.33. The van der Waals surface area contributed by atoms with E-state index < -0.39 is 10.0 Å². The number of nitrogens with one attached hydrogen (secondary N) is 1. The fourth-order valence-electron chi connectivity index (χ4n) is 2.70. The highest BCUT2D eigenvalue weighted by atomic mass is 32.2. The van der Waals surface area contributed by atoms with Gasteiger partial charge in [-0.15, -0.1) is 10.2 Å². The number of sulfonamides is 1. The lowest BCUT2D eigenvalue weighted by Gasteiger charge is -2.12. The Morgan fingerprint density at radius 3 is 2.44 bits per heavy atom. The number of ether oxygens (including phenoxy) is 1. The number of hydrogen-bond acceptors (Lipinski definition) is 6. The van der Waals surface area contributed by atoms with E-state index in [-0.39, 0.29) is 10.9 Å². The Morgan fingerprint density at radius 2 is 1.78 bits per heavy atom. The number of carbonyl (C=O) groups excluding carboxylic acids is 1. The highest BCUT2D eigenvalue weighted by molar-refractivity contribution is 7.92. The second-order valence-corrected chi connectivity index (χ2v) is 8.02. The van der Waals surface area contributed by atoms with E-state index >= 15 is 0 Å². The van der Waals surface area contributed by atoms with E-state index in [2.05, 4.69) is 19.8 Å². The van der Waals surface area contributed by atoms with Crippen molar-refractivity contribution in [2.75, 3.05) is 11.9 Å². The van der Waals surface area contributed by atoms with Crippen molar-refractivity contribution in [2.24, 2.45) is 0 Å². The number of benzene rings is 1. The van der Waals surface area contributed by atoms with Crippen molar-refractivity contribution in [3.8, 4) is 0 Å². The van der Waals surface area contributed by atoms with Crippen molar-refractivity contribution in [1.29, 1.82) is 0 Å². The highest BCUT2D eigenvalue weighted by Gasteiger charge is 2.17. The van der Waals surface area contributed by atoms with E-state index in [1.165, 1.54) is 11.8 Å². The fourth-order valence-corrected chi connectivity index (χ4v) is 3.87. The second-order valence-electron chi connectivity index (χ2n) is 6.36. The smallest absolute Gasteiger partial charge is 0.305 e. The third kappa shape index (κ3) is 6.06. The predicted molar refractivity (Wildman–Crippen MR) is 101 cm³/mol. The van der Waals surface area contributed by atoms with Crippen LogP contribution < -0.4 is 4.83 Å². The first kappa shape index (κ1) is 20.9. The van der Waals surface area contributed by atoms with Crippen LogP contribution in [0, 0.1) is 13.8 Å². The summed E-state index contributed by atoms with van der Waals surface area (Å²) in [6.45, 7) is 3.36. The van der Waals surface area contributed by atoms with Gasteiger partial charge in [0.1, 0.15) is 11.6 Å². The number of rotatable bonds is 10. The Bertz CT molecular complexity index is 858. The zero-order valence-electron chi connectivity index (χ0n) is 15.9. The molecule has 8 nitrogen and oxygen atoms in total. The maximum Gasteiger partial charge on any atom is 0.305 e. The molecule has 0 saturated carbocycles. The maximum atomic E-state index is 12.6. The summed E-state index contributed by atoms with van der Waals surface area (Å²) in [5.41, 5.74) is 0.961. The molecule has 0 amide bonds. The number of aryl methyl sites for hydroxylation is 3. The number of nitrogens with zero attached hydrogens (tertiary/aromatic N) is 3. The van der Waals surface area contributed by atoms with Crippen LogP contribution in [0.3, 0.4) is 0 Å². The first-order valence-electron chi connectivity index (χ1n) is 8.90. The summed E-state index contributed by atoms with van der Waals surface area (Å²) < 4.78 is 31.2. The van der Waals surface area contributed by atoms with Crippen LogP contribution in [0.15, 0.2) is 29.2 Å². The summed E-state index contributed by atoms with van der Waals surface area (Å²) in [4.78, 5) is 13.8. The predicted octanol–water partition coefficient (Wildman–Crippen LogP) is 2.49. The van der Waals surface area contributed by atoms with Crippen LogP contribution >= 0.6 is 0 Å². The molecule has 1 heterocycles. The Morgan fingerprint density at radius 1 is 1.11 bits per heavy atom. The monoisotopic (exact) mass is 394 g/mol. The molecule has 0 aliphatic rings. The zero-order valence-corrected chi connectivity index (χ0v) is 16.8. The van der Waals surface area contributed by atoms with Gasteiger partial charge in [-0.3, -0.25) is 4.79 Å². The summed E-state index contributed by atoms with van der Waals surface area (Å²) in [6.07, 6.45) is 4.89. The van der Waals surface area contributed by atoms with Crippen LogP contribution in [-0.2, 0) is 26.0 Å². The summed E-state index contributed by atoms with van der Waals surface area (Å²) in [5, 5.41) is 7.70. The van der Waals surface area contributed by atoms with E-state index in [1.54, 1.807) is 32.0 Å². The first-order valence-corrected chi connectivity index (χ1v) is 10.4. The van der Waals surface area contributed by atoms with Crippen LogP contribution in [-0.4, -0.2) is 36.4 Å². The lowest BCUT2D eigenvalue weighted by molar-refractivity contribution is -0.140. The number of methoxy groups -OCH3 is 1. The molecule has 0 radical (unpaired) electrons. The van der Waals surface area contributed by atoms with Crippen LogP contribution in [0.25, 0.3) is 0 Å². The SMILES string of the molecule is COC(=O)CCCCCCc1cccc(S(=O)(=O)Nn2c(C)nnc2C)c1. The minimum absolute atomic E-state index is 0.182. The van der Waals surface area contributed by atoms with Crippen molar-refractivity contribution >= 4 is 16.0 Å². The van der Waals surface area contributed by atoms with Crippen LogP contribution in [0.2, 0.25) is 0 Å². The van der Waals surface area contributed by atoms with Crippen molar-refractivity contribution in [1.82, 2.24) is 14.9 Å². The molecule has 2 rings (SSSR count). The molecule has 0 saturated heterocycles. The van der Waals surface area contributed by atoms with Gasteiger partial charge in [0.15, 0.2) is 0 Å². The average molecular weight is 394 g/mol. The molecule has 1 aromatic carbocycles. The molecule has 0 fully saturated rings. The topological polar surface area (TPSA) is 103 Å². The number of aromatic nitrogens is 3. The zero-order chi connectivity index (χ0) is 19.9. The molecule has 0 bridgehead atoms. The van der Waals surface area contributed by atoms with Gasteiger partial charge in [-0.2, -0.15) is 8.42 Å². The Hall–Kier alpha value is -2.42. The number of unbranched alkanes of at least 4 members (excludes halogenated alkanes) is 3. The Labute approximate surface area is 160 Å². The van der Waals surface area contributed by atoms with Crippen molar-refractivity contribution in [3.05, 3.63) is 41.5 Å². The van der Waals surface area contributed by atoms with Gasteiger partial charge in [0.25, 0.3) is 10.0 Å². The highest BCUT2D eigenvalue weighted by Crippen LogP contribution is 2.16. The van der Waals surface area contributed by atoms with Gasteiger partial charge >= 0.3 is 5.97 Å². The van der Waals surface area contributed by atoms with E-state index in [4.69, 9.17) is 0 Å². The molecule has 9 heteroatoms. The third-order valence-electron chi connectivity index (χ3n) is 4.23. The third-order valence-corrected chi connectivity index (χ3v) is 5.53. The molecule has 27 heavy (non-hydrogen) atoms. The molecule has 1 aromatic heterocycles. The molecule has 0 spiro atoms. The Kier molecular flexibility index (Phi) is 7.35. The number of hydrogen-bond donors (Lipinski definition) is 1. The lowest BCUT2D eigenvalue weighted by atomic mass is 10.1. The van der Waals surface area contributed by atoms with Gasteiger partial charge < -0.3 is 4.74 Å².